The Morgan fingerprint density at radius 1 is 1.04 bits per heavy atom. The molecule has 6 nitrogen and oxygen atoms in total. The second kappa shape index (κ2) is 6.84. The first-order chi connectivity index (χ1) is 12.4. The van der Waals surface area contributed by atoms with Crippen LogP contribution in [0.15, 0.2) is 70.7 Å². The third-order valence-corrected chi connectivity index (χ3v) is 4.03. The first-order valence-electron chi connectivity index (χ1n) is 8.24. The third-order valence-electron chi connectivity index (χ3n) is 4.03. The Morgan fingerprint density at radius 2 is 1.69 bits per heavy atom. The highest BCUT2D eigenvalue weighted by molar-refractivity contribution is 6.07. The molecule has 4 N–H and O–H groups in total. The molecule has 0 fully saturated rings. The normalized spacial score (nSPS) is 16.3. The lowest BCUT2D eigenvalue weighted by molar-refractivity contribution is 0.104. The summed E-state index contributed by atoms with van der Waals surface area (Å²) >= 11 is 0. The first kappa shape index (κ1) is 17.4. The van der Waals surface area contributed by atoms with Crippen LogP contribution in [0.2, 0.25) is 0 Å². The number of carbonyl (C=O) groups is 1. The van der Waals surface area contributed by atoms with E-state index in [1.165, 1.54) is 0 Å². The molecule has 0 aromatic heterocycles. The lowest BCUT2D eigenvalue weighted by Crippen LogP contribution is -2.54. The molecule has 0 atom stereocenters. The quantitative estimate of drug-likeness (QED) is 0.656. The van der Waals surface area contributed by atoms with Crippen molar-refractivity contribution in [1.82, 2.24) is 0 Å². The number of benzene rings is 2. The predicted octanol–water partition coefficient (Wildman–Crippen LogP) is 2.77. The van der Waals surface area contributed by atoms with Gasteiger partial charge in [0, 0.05) is 11.3 Å². The number of hydrogen-bond donors (Lipinski definition) is 2. The van der Waals surface area contributed by atoms with Crippen LogP contribution < -0.4 is 16.4 Å². The summed E-state index contributed by atoms with van der Waals surface area (Å²) in [5.41, 5.74) is 13.5. The number of allylic oxidation sites excluding steroid dienone is 1. The summed E-state index contributed by atoms with van der Waals surface area (Å²) in [4.78, 5) is 22.3. The predicted molar refractivity (Wildman–Crippen MR) is 106 cm³/mol. The molecule has 0 spiro atoms. The number of anilines is 1. The number of carbonyl (C=O) groups excluding carboxylic acids is 1. The van der Waals surface area contributed by atoms with Gasteiger partial charge in [-0.05, 0) is 37.6 Å². The molecule has 0 amide bonds. The molecule has 2 aromatic carbocycles. The van der Waals surface area contributed by atoms with Crippen LogP contribution in [0.5, 0.6) is 0 Å². The van der Waals surface area contributed by atoms with Crippen molar-refractivity contribution in [1.29, 1.82) is 0 Å². The van der Waals surface area contributed by atoms with Gasteiger partial charge in [-0.2, -0.15) is 4.99 Å². The van der Waals surface area contributed by atoms with E-state index in [4.69, 9.17) is 11.5 Å². The summed E-state index contributed by atoms with van der Waals surface area (Å²) in [6.45, 7) is 3.82. The molecule has 0 saturated carbocycles. The van der Waals surface area contributed by atoms with Crippen molar-refractivity contribution >= 4 is 29.5 Å². The van der Waals surface area contributed by atoms with Crippen molar-refractivity contribution in [2.24, 2.45) is 21.5 Å². The number of hydrogen-bond acceptors (Lipinski definition) is 6. The van der Waals surface area contributed by atoms with Gasteiger partial charge in [-0.3, -0.25) is 9.69 Å². The minimum atomic E-state index is -0.628. The van der Waals surface area contributed by atoms with E-state index >= 15 is 0 Å². The fraction of sp³-hybridized carbons (Fsp3) is 0.150. The van der Waals surface area contributed by atoms with Crippen molar-refractivity contribution in [2.75, 3.05) is 4.90 Å². The number of nitrogens with two attached hydrogens (primary N) is 2. The smallest absolute Gasteiger partial charge is 0.220 e. The molecule has 0 aliphatic carbocycles. The zero-order valence-corrected chi connectivity index (χ0v) is 14.8. The zero-order chi connectivity index (χ0) is 18.7. The molecular weight excluding hydrogens is 326 g/mol. The lowest BCUT2D eigenvalue weighted by atomic mass is 10.1. The van der Waals surface area contributed by atoms with Gasteiger partial charge in [0.2, 0.25) is 11.9 Å². The molecule has 0 saturated heterocycles. The second-order valence-electron chi connectivity index (χ2n) is 6.42. The number of nitrogens with zero attached hydrogens (tertiary/aromatic N) is 3. The van der Waals surface area contributed by atoms with Crippen molar-refractivity contribution in [3.05, 3.63) is 71.8 Å². The van der Waals surface area contributed by atoms with Crippen LogP contribution in [0.3, 0.4) is 0 Å². The molecule has 2 aromatic rings. The largest absolute Gasteiger partial charge is 0.369 e. The Hall–Kier alpha value is -3.41. The van der Waals surface area contributed by atoms with Crippen LogP contribution in [0.4, 0.5) is 5.69 Å². The van der Waals surface area contributed by atoms with Crippen molar-refractivity contribution in [3.63, 3.8) is 0 Å². The number of guanidine groups is 2. The molecular formula is C20H21N5O. The summed E-state index contributed by atoms with van der Waals surface area (Å²) in [5.74, 6) is 0.431. The highest BCUT2D eigenvalue weighted by Gasteiger charge is 2.32. The Labute approximate surface area is 152 Å². The Morgan fingerprint density at radius 3 is 2.31 bits per heavy atom. The Kier molecular flexibility index (Phi) is 4.58. The van der Waals surface area contributed by atoms with Crippen molar-refractivity contribution < 1.29 is 4.79 Å². The van der Waals surface area contributed by atoms with Crippen LogP contribution in [0, 0.1) is 0 Å². The highest BCUT2D eigenvalue weighted by atomic mass is 16.1. The first-order valence-corrected chi connectivity index (χ1v) is 8.24. The van der Waals surface area contributed by atoms with Gasteiger partial charge in [0.25, 0.3) is 0 Å². The van der Waals surface area contributed by atoms with Crippen LogP contribution in [-0.4, -0.2) is 23.4 Å². The average Bonchev–Trinajstić information content (AvgIpc) is 2.60. The van der Waals surface area contributed by atoms with E-state index in [1.807, 2.05) is 61.2 Å². The third kappa shape index (κ3) is 3.64. The van der Waals surface area contributed by atoms with Gasteiger partial charge < -0.3 is 11.5 Å². The van der Waals surface area contributed by atoms with Crippen LogP contribution in [-0.2, 0) is 0 Å². The van der Waals surface area contributed by atoms with Gasteiger partial charge in [0.15, 0.2) is 5.78 Å². The minimum Gasteiger partial charge on any atom is -0.369 e. The molecule has 0 unspecified atom stereocenters. The van der Waals surface area contributed by atoms with E-state index in [1.54, 1.807) is 24.3 Å². The summed E-state index contributed by atoms with van der Waals surface area (Å²) < 4.78 is 0. The summed E-state index contributed by atoms with van der Waals surface area (Å²) in [6, 6.07) is 16.8. The van der Waals surface area contributed by atoms with E-state index < -0.39 is 5.66 Å². The zero-order valence-electron chi connectivity index (χ0n) is 14.8. The van der Waals surface area contributed by atoms with E-state index in [9.17, 15) is 4.79 Å². The minimum absolute atomic E-state index is 0.0342. The lowest BCUT2D eigenvalue weighted by Gasteiger charge is -2.38. The van der Waals surface area contributed by atoms with Crippen LogP contribution >= 0.6 is 0 Å². The van der Waals surface area contributed by atoms with Gasteiger partial charge in [0.05, 0.1) is 0 Å². The Balaban J connectivity index is 1.78. The van der Waals surface area contributed by atoms with Crippen LogP contribution in [0.25, 0.3) is 6.08 Å². The van der Waals surface area contributed by atoms with Gasteiger partial charge in [-0.15, -0.1) is 0 Å². The number of ketones is 1. The molecule has 26 heavy (non-hydrogen) atoms. The average molecular weight is 347 g/mol. The molecule has 6 heteroatoms. The van der Waals surface area contributed by atoms with Crippen molar-refractivity contribution in [2.45, 2.75) is 19.5 Å². The van der Waals surface area contributed by atoms with Gasteiger partial charge >= 0.3 is 0 Å². The van der Waals surface area contributed by atoms with Gasteiger partial charge in [0.1, 0.15) is 5.66 Å². The maximum Gasteiger partial charge on any atom is 0.220 e. The molecule has 1 heterocycles. The van der Waals surface area contributed by atoms with E-state index in [-0.39, 0.29) is 11.7 Å². The molecule has 0 radical (unpaired) electrons. The summed E-state index contributed by atoms with van der Waals surface area (Å²) in [5, 5.41) is 0. The maximum absolute atomic E-state index is 12.1. The van der Waals surface area contributed by atoms with Gasteiger partial charge in [-0.1, -0.05) is 48.5 Å². The van der Waals surface area contributed by atoms with Crippen molar-refractivity contribution in [3.8, 4) is 0 Å². The molecule has 1 aliphatic heterocycles. The second-order valence-corrected chi connectivity index (χ2v) is 6.42. The molecule has 132 valence electrons. The number of aliphatic imine (C=N–C) groups is 2. The molecule has 3 rings (SSSR count). The topological polar surface area (TPSA) is 97.1 Å². The summed E-state index contributed by atoms with van der Waals surface area (Å²) in [6.07, 6.45) is 3.35. The monoisotopic (exact) mass is 347 g/mol. The Bertz CT molecular complexity index is 896. The standard InChI is InChI=1S/C20H21N5O/c1-20(2)24-18(21)23-19(22)25(20)16-11-8-14(9-12-16)10-13-17(26)15-6-4-3-5-7-15/h3-13H,1-2H3,(H4,21,22,23,24). The fourth-order valence-corrected chi connectivity index (χ4v) is 2.86. The highest BCUT2D eigenvalue weighted by Crippen LogP contribution is 2.27. The number of rotatable bonds is 4. The summed E-state index contributed by atoms with van der Waals surface area (Å²) in [7, 11) is 0. The van der Waals surface area contributed by atoms with Gasteiger partial charge in [-0.25, -0.2) is 4.99 Å². The maximum atomic E-state index is 12.1. The van der Waals surface area contributed by atoms with E-state index in [0.29, 0.717) is 11.5 Å². The molecule has 1 aliphatic rings. The molecule has 0 bridgehead atoms. The van der Waals surface area contributed by atoms with Crippen LogP contribution in [0.1, 0.15) is 29.8 Å². The SMILES string of the molecule is CC1(C)N=C(N)N=C(N)N1c1ccc(C=CC(=O)c2ccccc2)cc1. The van der Waals surface area contributed by atoms with E-state index in [0.717, 1.165) is 11.3 Å². The van der Waals surface area contributed by atoms with E-state index in [2.05, 4.69) is 9.98 Å². The fourth-order valence-electron chi connectivity index (χ4n) is 2.86.